The molecular weight excluding hydrogens is 336 g/mol. The molecule has 0 aliphatic carbocycles. The van der Waals surface area contributed by atoms with Gasteiger partial charge in [0, 0.05) is 24.0 Å². The number of carbonyl (C=O) groups excluding carboxylic acids is 2. The fourth-order valence-electron chi connectivity index (χ4n) is 3.30. The predicted molar refractivity (Wildman–Crippen MR) is 97.7 cm³/mol. The summed E-state index contributed by atoms with van der Waals surface area (Å²) in [6.45, 7) is 5.69. The third kappa shape index (κ3) is 3.00. The summed E-state index contributed by atoms with van der Waals surface area (Å²) in [6, 6.07) is 8.41. The quantitative estimate of drug-likeness (QED) is 0.822. The molecule has 7 heteroatoms. The average molecular weight is 356 g/mol. The largest absolute Gasteiger partial charge is 0.344 e. The highest BCUT2D eigenvalue weighted by atomic mass is 32.1. The summed E-state index contributed by atoms with van der Waals surface area (Å²) in [4.78, 5) is 29.9. The minimum Gasteiger partial charge on any atom is -0.344 e. The van der Waals surface area contributed by atoms with Crippen LogP contribution in [0, 0.1) is 0 Å². The number of rotatable bonds is 3. The van der Waals surface area contributed by atoms with Crippen LogP contribution in [0.2, 0.25) is 0 Å². The number of piperazine rings is 1. The first-order valence-corrected chi connectivity index (χ1v) is 9.31. The zero-order valence-corrected chi connectivity index (χ0v) is 15.0. The van der Waals surface area contributed by atoms with Crippen molar-refractivity contribution in [3.8, 4) is 11.3 Å². The molecule has 2 amide bonds. The van der Waals surface area contributed by atoms with Crippen LogP contribution in [0.1, 0.15) is 25.3 Å². The molecule has 2 aromatic rings. The Balaban J connectivity index is 1.50. The molecule has 2 aliphatic heterocycles. The first-order valence-electron chi connectivity index (χ1n) is 8.43. The molecule has 0 radical (unpaired) electrons. The number of aromatic nitrogens is 1. The summed E-state index contributed by atoms with van der Waals surface area (Å²) in [5.74, 6) is -0.584. The van der Waals surface area contributed by atoms with E-state index in [-0.39, 0.29) is 12.1 Å². The van der Waals surface area contributed by atoms with Crippen molar-refractivity contribution in [2.45, 2.75) is 31.8 Å². The summed E-state index contributed by atoms with van der Waals surface area (Å²) in [5, 5.41) is 8.51. The number of thiazole rings is 1. The summed E-state index contributed by atoms with van der Waals surface area (Å²) >= 11 is 1.59. The normalized spacial score (nSPS) is 22.8. The summed E-state index contributed by atoms with van der Waals surface area (Å²) in [6.07, 6.45) is 0. The molecule has 6 nitrogen and oxygen atoms in total. The van der Waals surface area contributed by atoms with Crippen molar-refractivity contribution < 1.29 is 9.59 Å². The molecule has 25 heavy (non-hydrogen) atoms. The molecule has 2 aliphatic rings. The highest BCUT2D eigenvalue weighted by Gasteiger charge is 2.41. The van der Waals surface area contributed by atoms with Crippen LogP contribution in [0.3, 0.4) is 0 Å². The van der Waals surface area contributed by atoms with Crippen LogP contribution in [0.15, 0.2) is 29.6 Å². The second-order valence-corrected chi connectivity index (χ2v) is 7.69. The number of nitrogens with zero attached hydrogens (tertiary/aromatic N) is 2. The summed E-state index contributed by atoms with van der Waals surface area (Å²) in [7, 11) is 0. The third-order valence-electron chi connectivity index (χ3n) is 4.79. The van der Waals surface area contributed by atoms with Crippen molar-refractivity contribution in [1.29, 1.82) is 0 Å². The highest BCUT2D eigenvalue weighted by molar-refractivity contribution is 7.14. The highest BCUT2D eigenvalue weighted by Crippen LogP contribution is 2.30. The van der Waals surface area contributed by atoms with E-state index < -0.39 is 11.8 Å². The van der Waals surface area contributed by atoms with Crippen molar-refractivity contribution in [3.05, 3.63) is 35.2 Å². The van der Waals surface area contributed by atoms with Crippen LogP contribution in [-0.4, -0.2) is 42.0 Å². The Morgan fingerprint density at radius 3 is 2.24 bits per heavy atom. The average Bonchev–Trinajstić information content (AvgIpc) is 3.22. The van der Waals surface area contributed by atoms with Gasteiger partial charge in [0.2, 0.25) is 0 Å². The van der Waals surface area contributed by atoms with Crippen LogP contribution in [-0.2, 0) is 9.59 Å². The van der Waals surface area contributed by atoms with Crippen LogP contribution in [0.5, 0.6) is 0 Å². The molecule has 4 rings (SSSR count). The molecule has 1 aromatic carbocycles. The molecule has 130 valence electrons. The fourth-order valence-corrected chi connectivity index (χ4v) is 4.16. The standard InChI is InChI=1S/C18H20N4O2S/c1-10(2)11-3-5-12(6-4-11)15-9-25-18(21-15)22-7-13-14(8-22)20-17(24)16(23)19-13/h3-6,9-10,13-14H,7-8H2,1-2H3,(H,19,23)(H,20,24)/t13-,14+. The SMILES string of the molecule is CC(C)c1ccc(-c2csc(N3C[C@@H]4NC(=O)C(=O)N[C@@H]4C3)n2)cc1. The lowest BCUT2D eigenvalue weighted by Gasteiger charge is -2.25. The Labute approximate surface area is 150 Å². The van der Waals surface area contributed by atoms with E-state index in [4.69, 9.17) is 4.98 Å². The molecule has 0 unspecified atom stereocenters. The van der Waals surface area contributed by atoms with Gasteiger partial charge in [0.1, 0.15) is 0 Å². The number of benzene rings is 1. The van der Waals surface area contributed by atoms with E-state index in [9.17, 15) is 9.59 Å². The van der Waals surface area contributed by atoms with Gasteiger partial charge in [-0.2, -0.15) is 0 Å². The number of nitrogens with one attached hydrogen (secondary N) is 2. The molecule has 0 bridgehead atoms. The Morgan fingerprint density at radius 1 is 1.08 bits per heavy atom. The molecule has 2 N–H and O–H groups in total. The lowest BCUT2D eigenvalue weighted by atomic mass is 10.0. The number of carbonyl (C=O) groups is 2. The zero-order valence-electron chi connectivity index (χ0n) is 14.2. The van der Waals surface area contributed by atoms with E-state index in [1.165, 1.54) is 5.56 Å². The molecule has 2 atom stereocenters. The number of hydrogen-bond acceptors (Lipinski definition) is 5. The molecule has 3 heterocycles. The van der Waals surface area contributed by atoms with Crippen molar-refractivity contribution >= 4 is 28.3 Å². The minimum absolute atomic E-state index is 0.0529. The Kier molecular flexibility index (Phi) is 3.95. The van der Waals surface area contributed by atoms with E-state index in [2.05, 4.69) is 59.0 Å². The molecule has 0 spiro atoms. The van der Waals surface area contributed by atoms with E-state index in [0.29, 0.717) is 19.0 Å². The zero-order chi connectivity index (χ0) is 17.6. The van der Waals surface area contributed by atoms with Crippen molar-refractivity contribution in [1.82, 2.24) is 15.6 Å². The van der Waals surface area contributed by atoms with Crippen molar-refractivity contribution in [2.75, 3.05) is 18.0 Å². The third-order valence-corrected chi connectivity index (χ3v) is 5.70. The Hall–Kier alpha value is -2.41. The van der Waals surface area contributed by atoms with Gasteiger partial charge in [0.25, 0.3) is 0 Å². The van der Waals surface area contributed by atoms with Gasteiger partial charge in [-0.3, -0.25) is 9.59 Å². The molecule has 0 saturated carbocycles. The van der Waals surface area contributed by atoms with E-state index in [1.807, 2.05) is 0 Å². The Morgan fingerprint density at radius 2 is 1.68 bits per heavy atom. The molecule has 2 saturated heterocycles. The summed E-state index contributed by atoms with van der Waals surface area (Å²) in [5.41, 5.74) is 3.37. The van der Waals surface area contributed by atoms with E-state index >= 15 is 0 Å². The van der Waals surface area contributed by atoms with E-state index in [1.54, 1.807) is 11.3 Å². The smallest absolute Gasteiger partial charge is 0.309 e. The first-order chi connectivity index (χ1) is 12.0. The maximum atomic E-state index is 11.5. The van der Waals surface area contributed by atoms with Gasteiger partial charge in [0.15, 0.2) is 5.13 Å². The first kappa shape index (κ1) is 16.1. The van der Waals surface area contributed by atoms with Gasteiger partial charge < -0.3 is 15.5 Å². The summed E-state index contributed by atoms with van der Waals surface area (Å²) < 4.78 is 0. The maximum absolute atomic E-state index is 11.5. The van der Waals surface area contributed by atoms with Gasteiger partial charge in [-0.05, 0) is 11.5 Å². The number of hydrogen-bond donors (Lipinski definition) is 2. The number of fused-ring (bicyclic) bond motifs is 1. The minimum atomic E-state index is -0.548. The lowest BCUT2D eigenvalue weighted by molar-refractivity contribution is -0.142. The van der Waals surface area contributed by atoms with Crippen LogP contribution < -0.4 is 15.5 Å². The van der Waals surface area contributed by atoms with Crippen LogP contribution >= 0.6 is 11.3 Å². The predicted octanol–water partition coefficient (Wildman–Crippen LogP) is 1.74. The second kappa shape index (κ2) is 6.15. The topological polar surface area (TPSA) is 74.3 Å². The number of anilines is 1. The van der Waals surface area contributed by atoms with Crippen molar-refractivity contribution in [3.63, 3.8) is 0 Å². The van der Waals surface area contributed by atoms with Gasteiger partial charge >= 0.3 is 11.8 Å². The van der Waals surface area contributed by atoms with Crippen molar-refractivity contribution in [2.24, 2.45) is 0 Å². The maximum Gasteiger partial charge on any atom is 0.309 e. The second-order valence-electron chi connectivity index (χ2n) is 6.86. The Bertz CT molecular complexity index is 791. The number of amides is 2. The molecular formula is C18H20N4O2S. The monoisotopic (exact) mass is 356 g/mol. The van der Waals surface area contributed by atoms with Gasteiger partial charge in [-0.1, -0.05) is 38.1 Å². The van der Waals surface area contributed by atoms with E-state index in [0.717, 1.165) is 16.4 Å². The van der Waals surface area contributed by atoms with Gasteiger partial charge in [-0.15, -0.1) is 11.3 Å². The molecule has 1 aromatic heterocycles. The molecule has 2 fully saturated rings. The van der Waals surface area contributed by atoms with Crippen LogP contribution in [0.4, 0.5) is 5.13 Å². The van der Waals surface area contributed by atoms with Crippen LogP contribution in [0.25, 0.3) is 11.3 Å². The van der Waals surface area contributed by atoms with Gasteiger partial charge in [-0.25, -0.2) is 4.98 Å². The fraction of sp³-hybridized carbons (Fsp3) is 0.389. The lowest BCUT2D eigenvalue weighted by Crippen LogP contribution is -2.61. The van der Waals surface area contributed by atoms with Gasteiger partial charge in [0.05, 0.1) is 17.8 Å².